The maximum absolute atomic E-state index is 12.0. The van der Waals surface area contributed by atoms with Gasteiger partial charge in [0.2, 0.25) is 0 Å². The van der Waals surface area contributed by atoms with Crippen molar-refractivity contribution in [3.63, 3.8) is 0 Å². The molecule has 0 aromatic rings. The van der Waals surface area contributed by atoms with Gasteiger partial charge in [0.05, 0.1) is 0 Å². The Labute approximate surface area is 174 Å². The molecule has 1 heterocycles. The van der Waals surface area contributed by atoms with Crippen LogP contribution in [-0.2, 0) is 19.1 Å². The van der Waals surface area contributed by atoms with Crippen LogP contribution in [0.4, 0.5) is 0 Å². The molecule has 0 aromatic carbocycles. The maximum Gasteiger partial charge on any atom is 0.334 e. The van der Waals surface area contributed by atoms with Crippen LogP contribution >= 0.6 is 0 Å². The van der Waals surface area contributed by atoms with Gasteiger partial charge in [-0.3, -0.25) is 4.79 Å². The van der Waals surface area contributed by atoms with E-state index in [4.69, 9.17) is 9.47 Å². The Bertz CT molecular complexity index is 740. The second-order valence-electron chi connectivity index (χ2n) is 11.4. The van der Waals surface area contributed by atoms with Crippen LogP contribution in [0.3, 0.4) is 0 Å². The van der Waals surface area contributed by atoms with Crippen LogP contribution in [0.5, 0.6) is 0 Å². The van der Waals surface area contributed by atoms with Gasteiger partial charge in [-0.05, 0) is 86.9 Å². The SMILES string of the molecule is C=C1C[C@]2(CC[C@@]3(C)[C@@H](CC[C@@H]4[C@@H]3CC[C@]3(C)[C@@H](OC(C)=O)CC[C@@H]43)C2)OC1=O. The molecule has 8 atom stereocenters. The fraction of sp³-hybridized carbons (Fsp3) is 0.840. The Balaban J connectivity index is 1.36. The number of hydrogen-bond donors (Lipinski definition) is 0. The highest BCUT2D eigenvalue weighted by atomic mass is 16.6. The molecule has 4 aliphatic carbocycles. The zero-order chi connectivity index (χ0) is 20.6. The summed E-state index contributed by atoms with van der Waals surface area (Å²) in [4.78, 5) is 23.7. The van der Waals surface area contributed by atoms with Gasteiger partial charge in [0.1, 0.15) is 11.7 Å². The lowest BCUT2D eigenvalue weighted by atomic mass is 9.44. The summed E-state index contributed by atoms with van der Waals surface area (Å²) >= 11 is 0. The zero-order valence-corrected chi connectivity index (χ0v) is 18.3. The van der Waals surface area contributed by atoms with E-state index in [0.717, 1.165) is 43.9 Å². The largest absolute Gasteiger partial charge is 0.462 e. The van der Waals surface area contributed by atoms with E-state index in [9.17, 15) is 9.59 Å². The summed E-state index contributed by atoms with van der Waals surface area (Å²) in [6, 6.07) is 0. The van der Waals surface area contributed by atoms with Crippen LogP contribution in [-0.4, -0.2) is 23.6 Å². The Kier molecular flexibility index (Phi) is 4.29. The third-order valence-electron chi connectivity index (χ3n) is 10.2. The molecule has 4 heteroatoms. The number of carbonyl (C=O) groups is 2. The first kappa shape index (κ1) is 19.6. The monoisotopic (exact) mass is 400 g/mol. The summed E-state index contributed by atoms with van der Waals surface area (Å²) in [5, 5.41) is 0. The molecule has 5 rings (SSSR count). The summed E-state index contributed by atoms with van der Waals surface area (Å²) in [5.74, 6) is 2.55. The Morgan fingerprint density at radius 3 is 2.48 bits per heavy atom. The molecule has 4 nitrogen and oxygen atoms in total. The molecule has 160 valence electrons. The van der Waals surface area contributed by atoms with Gasteiger partial charge in [-0.25, -0.2) is 4.79 Å². The highest BCUT2D eigenvalue weighted by molar-refractivity contribution is 5.90. The number of carbonyl (C=O) groups excluding carboxylic acids is 2. The fourth-order valence-electron chi connectivity index (χ4n) is 8.67. The third kappa shape index (κ3) is 2.76. The van der Waals surface area contributed by atoms with Crippen molar-refractivity contribution in [2.75, 3.05) is 0 Å². The first-order valence-electron chi connectivity index (χ1n) is 11.8. The number of fused-ring (bicyclic) bond motifs is 5. The van der Waals surface area contributed by atoms with E-state index in [-0.39, 0.29) is 29.1 Å². The minimum atomic E-state index is -0.262. The van der Waals surface area contributed by atoms with Gasteiger partial charge >= 0.3 is 11.9 Å². The van der Waals surface area contributed by atoms with Gasteiger partial charge in [0.25, 0.3) is 0 Å². The van der Waals surface area contributed by atoms with E-state index >= 15 is 0 Å². The quantitative estimate of drug-likeness (QED) is 0.448. The Hall–Kier alpha value is -1.32. The minimum Gasteiger partial charge on any atom is -0.462 e. The van der Waals surface area contributed by atoms with Crippen LogP contribution < -0.4 is 0 Å². The predicted octanol–water partition coefficient (Wildman–Crippen LogP) is 5.20. The van der Waals surface area contributed by atoms with Crippen LogP contribution in [0.25, 0.3) is 0 Å². The normalized spacial score (nSPS) is 51.2. The van der Waals surface area contributed by atoms with E-state index in [1.807, 2.05) is 0 Å². The van der Waals surface area contributed by atoms with E-state index in [1.165, 1.54) is 32.1 Å². The Morgan fingerprint density at radius 2 is 1.79 bits per heavy atom. The van der Waals surface area contributed by atoms with Crippen molar-refractivity contribution in [1.29, 1.82) is 0 Å². The first-order valence-corrected chi connectivity index (χ1v) is 11.8. The molecule has 0 amide bonds. The van der Waals surface area contributed by atoms with Gasteiger partial charge in [-0.2, -0.15) is 0 Å². The van der Waals surface area contributed by atoms with Crippen LogP contribution in [0.2, 0.25) is 0 Å². The van der Waals surface area contributed by atoms with Crippen molar-refractivity contribution in [2.45, 2.75) is 96.7 Å². The average Bonchev–Trinajstić information content (AvgIpc) is 3.12. The predicted molar refractivity (Wildman–Crippen MR) is 110 cm³/mol. The van der Waals surface area contributed by atoms with Crippen LogP contribution in [0.15, 0.2) is 12.2 Å². The molecule has 0 aromatic heterocycles. The number of esters is 2. The molecule has 5 fully saturated rings. The molecule has 1 aliphatic heterocycles. The number of hydrogen-bond acceptors (Lipinski definition) is 4. The first-order chi connectivity index (χ1) is 13.7. The smallest absolute Gasteiger partial charge is 0.334 e. The lowest BCUT2D eigenvalue weighted by molar-refractivity contribution is -0.175. The van der Waals surface area contributed by atoms with Gasteiger partial charge in [0.15, 0.2) is 0 Å². The van der Waals surface area contributed by atoms with Crippen molar-refractivity contribution in [3.05, 3.63) is 12.2 Å². The van der Waals surface area contributed by atoms with E-state index in [0.29, 0.717) is 22.8 Å². The van der Waals surface area contributed by atoms with E-state index < -0.39 is 0 Å². The molecule has 4 saturated carbocycles. The molecule has 29 heavy (non-hydrogen) atoms. The average molecular weight is 401 g/mol. The molecule has 1 spiro atoms. The second kappa shape index (κ2) is 6.34. The standard InChI is InChI=1S/C25H36O4/c1-15-13-25(29-22(15)27)12-11-23(3)17(14-25)5-6-18-19-7-8-21(28-16(2)26)24(19,4)10-9-20(18)23/h17-21H,1,5-14H2,2-4H3/t17-,18-,19-,20-,21-,23-,24-,25-/m0/s1. The summed E-state index contributed by atoms with van der Waals surface area (Å²) < 4.78 is 11.7. The molecular weight excluding hydrogens is 364 g/mol. The summed E-state index contributed by atoms with van der Waals surface area (Å²) in [6.07, 6.45) is 11.2. The van der Waals surface area contributed by atoms with Gasteiger partial charge in [-0.15, -0.1) is 0 Å². The molecule has 0 N–H and O–H groups in total. The van der Waals surface area contributed by atoms with E-state index in [1.54, 1.807) is 6.92 Å². The highest BCUT2D eigenvalue weighted by Crippen LogP contribution is 2.68. The molecule has 5 aliphatic rings. The molecule has 1 saturated heterocycles. The summed E-state index contributed by atoms with van der Waals surface area (Å²) in [5.41, 5.74) is 0.913. The number of rotatable bonds is 1. The fourth-order valence-corrected chi connectivity index (χ4v) is 8.67. The molecule has 0 unspecified atom stereocenters. The molecular formula is C25H36O4. The highest BCUT2D eigenvalue weighted by Gasteiger charge is 2.63. The van der Waals surface area contributed by atoms with Crippen molar-refractivity contribution < 1.29 is 19.1 Å². The van der Waals surface area contributed by atoms with Crippen molar-refractivity contribution in [2.24, 2.45) is 34.5 Å². The van der Waals surface area contributed by atoms with Crippen molar-refractivity contribution >= 4 is 11.9 Å². The third-order valence-corrected chi connectivity index (χ3v) is 10.2. The van der Waals surface area contributed by atoms with Gasteiger partial charge in [-0.1, -0.05) is 20.4 Å². The van der Waals surface area contributed by atoms with Crippen LogP contribution in [0.1, 0.15) is 85.0 Å². The maximum atomic E-state index is 12.0. The van der Waals surface area contributed by atoms with E-state index in [2.05, 4.69) is 20.4 Å². The summed E-state index contributed by atoms with van der Waals surface area (Å²) in [6.45, 7) is 10.4. The van der Waals surface area contributed by atoms with Crippen molar-refractivity contribution in [1.82, 2.24) is 0 Å². The Morgan fingerprint density at radius 1 is 1.03 bits per heavy atom. The number of ether oxygens (including phenoxy) is 2. The summed E-state index contributed by atoms with van der Waals surface area (Å²) in [7, 11) is 0. The minimum absolute atomic E-state index is 0.106. The lowest BCUT2D eigenvalue weighted by Crippen LogP contribution is -2.56. The molecule has 0 bridgehead atoms. The van der Waals surface area contributed by atoms with Gasteiger partial charge < -0.3 is 9.47 Å². The molecule has 0 radical (unpaired) electrons. The van der Waals surface area contributed by atoms with Gasteiger partial charge in [0, 0.05) is 24.3 Å². The lowest BCUT2D eigenvalue weighted by Gasteiger charge is -2.61. The zero-order valence-electron chi connectivity index (χ0n) is 18.3. The van der Waals surface area contributed by atoms with Crippen molar-refractivity contribution in [3.8, 4) is 0 Å². The topological polar surface area (TPSA) is 52.6 Å². The second-order valence-corrected chi connectivity index (χ2v) is 11.4. The van der Waals surface area contributed by atoms with Crippen LogP contribution in [0, 0.1) is 34.5 Å².